The molecule has 144 valence electrons. The summed E-state index contributed by atoms with van der Waals surface area (Å²) < 4.78 is 1.74. The molecule has 2 heterocycles. The van der Waals surface area contributed by atoms with Crippen molar-refractivity contribution in [1.82, 2.24) is 19.8 Å². The molecule has 1 aromatic heterocycles. The van der Waals surface area contributed by atoms with Crippen molar-refractivity contribution >= 4 is 17.8 Å². The molecule has 0 bridgehead atoms. The second-order valence-electron chi connectivity index (χ2n) is 6.51. The van der Waals surface area contributed by atoms with E-state index >= 15 is 0 Å². The Morgan fingerprint density at radius 1 is 1.15 bits per heavy atom. The summed E-state index contributed by atoms with van der Waals surface area (Å²) in [6.45, 7) is 17.6. The first-order valence-corrected chi connectivity index (χ1v) is 9.41. The predicted molar refractivity (Wildman–Crippen MR) is 115 cm³/mol. The second kappa shape index (κ2) is 10.6. The van der Waals surface area contributed by atoms with Gasteiger partial charge in [-0.2, -0.15) is 0 Å². The van der Waals surface area contributed by atoms with Gasteiger partial charge in [-0.15, -0.1) is 6.58 Å². The molecule has 1 aliphatic rings. The summed E-state index contributed by atoms with van der Waals surface area (Å²) in [7, 11) is 0. The number of nitrogens with one attached hydrogen (secondary N) is 1. The lowest BCUT2D eigenvalue weighted by Crippen LogP contribution is -2.50. The van der Waals surface area contributed by atoms with E-state index in [4.69, 9.17) is 4.98 Å². The fourth-order valence-corrected chi connectivity index (χ4v) is 3.15. The van der Waals surface area contributed by atoms with Crippen LogP contribution in [0.15, 0.2) is 48.8 Å². The lowest BCUT2D eigenvalue weighted by Gasteiger charge is -2.27. The molecular formula is C22H30N4O. The van der Waals surface area contributed by atoms with Crippen LogP contribution in [0.5, 0.6) is 0 Å². The number of unbranched alkanes of at least 4 members (excludes halogenated alkanes) is 1. The van der Waals surface area contributed by atoms with Gasteiger partial charge < -0.3 is 5.32 Å². The molecule has 0 atom stereocenters. The third-order valence-electron chi connectivity index (χ3n) is 4.52. The summed E-state index contributed by atoms with van der Waals surface area (Å²) in [5.74, 6) is 0.753. The van der Waals surface area contributed by atoms with Gasteiger partial charge in [0.2, 0.25) is 0 Å². The van der Waals surface area contributed by atoms with Crippen molar-refractivity contribution in [2.75, 3.05) is 26.2 Å². The van der Waals surface area contributed by atoms with Crippen LogP contribution >= 0.6 is 0 Å². The van der Waals surface area contributed by atoms with Gasteiger partial charge in [-0.3, -0.25) is 14.3 Å². The average Bonchev–Trinajstić information content (AvgIpc) is 2.66. The van der Waals surface area contributed by atoms with E-state index in [9.17, 15) is 4.79 Å². The lowest BCUT2D eigenvalue weighted by molar-refractivity contribution is 0.226. The molecule has 0 unspecified atom stereocenters. The molecule has 0 aromatic carbocycles. The summed E-state index contributed by atoms with van der Waals surface area (Å²) in [5, 5.41) is 4.52. The molecule has 2 rings (SSSR count). The summed E-state index contributed by atoms with van der Waals surface area (Å²) in [5.41, 5.74) is 0.818. The Morgan fingerprint density at radius 3 is 2.48 bits per heavy atom. The zero-order valence-electron chi connectivity index (χ0n) is 16.3. The maximum atomic E-state index is 13.3. The zero-order chi connectivity index (χ0) is 19.6. The number of aromatic nitrogens is 2. The first kappa shape index (κ1) is 20.8. The van der Waals surface area contributed by atoms with Gasteiger partial charge in [-0.25, -0.2) is 4.98 Å². The molecule has 27 heavy (non-hydrogen) atoms. The maximum Gasteiger partial charge on any atom is 0.265 e. The number of allylic oxidation sites excluding steroid dienone is 5. The van der Waals surface area contributed by atoms with E-state index in [1.807, 2.05) is 13.0 Å². The molecule has 5 heteroatoms. The molecule has 0 spiro atoms. The smallest absolute Gasteiger partial charge is 0.265 e. The molecule has 0 saturated carbocycles. The predicted octanol–water partition coefficient (Wildman–Crippen LogP) is 1.41. The van der Waals surface area contributed by atoms with E-state index in [1.54, 1.807) is 28.9 Å². The van der Waals surface area contributed by atoms with Crippen LogP contribution in [0.4, 0.5) is 0 Å². The largest absolute Gasteiger partial charge is 0.314 e. The molecule has 0 amide bonds. The highest BCUT2D eigenvalue weighted by Crippen LogP contribution is 2.08. The fourth-order valence-electron chi connectivity index (χ4n) is 3.15. The second-order valence-corrected chi connectivity index (χ2v) is 6.51. The molecule has 1 fully saturated rings. The van der Waals surface area contributed by atoms with Crippen LogP contribution in [0.1, 0.15) is 25.6 Å². The van der Waals surface area contributed by atoms with Crippen molar-refractivity contribution in [2.24, 2.45) is 0 Å². The SMILES string of the molecule is C=C/C=c1/nc(CN2CCNCC2)n(/C(C)=C/CCC=C)c(=O)/c1=C/C=C. The van der Waals surface area contributed by atoms with Crippen molar-refractivity contribution in [3.05, 3.63) is 70.8 Å². The van der Waals surface area contributed by atoms with Crippen molar-refractivity contribution in [1.29, 1.82) is 0 Å². The van der Waals surface area contributed by atoms with Crippen LogP contribution in [0.2, 0.25) is 0 Å². The Balaban J connectivity index is 2.64. The fraction of sp³-hybridized carbons (Fsp3) is 0.364. The van der Waals surface area contributed by atoms with Gasteiger partial charge in [-0.05, 0) is 31.9 Å². The summed E-state index contributed by atoms with van der Waals surface area (Å²) in [6.07, 6.45) is 12.4. The van der Waals surface area contributed by atoms with Crippen LogP contribution in [0.3, 0.4) is 0 Å². The number of hydrogen-bond donors (Lipinski definition) is 1. The Kier molecular flexibility index (Phi) is 8.17. The van der Waals surface area contributed by atoms with Crippen molar-refractivity contribution in [2.45, 2.75) is 26.3 Å². The van der Waals surface area contributed by atoms with Gasteiger partial charge in [0.05, 0.1) is 17.1 Å². The summed E-state index contributed by atoms with van der Waals surface area (Å²) >= 11 is 0. The number of hydrogen-bond acceptors (Lipinski definition) is 4. The Labute approximate surface area is 161 Å². The van der Waals surface area contributed by atoms with Gasteiger partial charge in [0, 0.05) is 31.9 Å². The van der Waals surface area contributed by atoms with E-state index < -0.39 is 0 Å². The molecule has 1 saturated heterocycles. The lowest BCUT2D eigenvalue weighted by atomic mass is 10.2. The first-order valence-electron chi connectivity index (χ1n) is 9.41. The first-order chi connectivity index (χ1) is 13.1. The highest BCUT2D eigenvalue weighted by atomic mass is 16.1. The summed E-state index contributed by atoms with van der Waals surface area (Å²) in [6, 6.07) is 0. The minimum Gasteiger partial charge on any atom is -0.314 e. The van der Waals surface area contributed by atoms with Crippen LogP contribution < -0.4 is 21.4 Å². The quantitative estimate of drug-likeness (QED) is 0.558. The van der Waals surface area contributed by atoms with Crippen LogP contribution in [-0.2, 0) is 6.54 Å². The molecule has 5 nitrogen and oxygen atoms in total. The minimum atomic E-state index is -0.0736. The number of nitrogens with zero attached hydrogens (tertiary/aromatic N) is 3. The van der Waals surface area contributed by atoms with Crippen LogP contribution in [0.25, 0.3) is 17.8 Å². The third-order valence-corrected chi connectivity index (χ3v) is 4.52. The van der Waals surface area contributed by atoms with Gasteiger partial charge >= 0.3 is 0 Å². The van der Waals surface area contributed by atoms with E-state index in [0.717, 1.165) is 50.5 Å². The Bertz CT molecular complexity index is 886. The topological polar surface area (TPSA) is 50.2 Å². The maximum absolute atomic E-state index is 13.3. The van der Waals surface area contributed by atoms with E-state index in [-0.39, 0.29) is 5.56 Å². The molecule has 1 N–H and O–H groups in total. The van der Waals surface area contributed by atoms with Crippen LogP contribution in [-0.4, -0.2) is 40.6 Å². The Morgan fingerprint density at radius 2 is 1.85 bits per heavy atom. The van der Waals surface area contributed by atoms with E-state index in [2.05, 4.69) is 36.0 Å². The monoisotopic (exact) mass is 366 g/mol. The molecule has 1 aromatic rings. The Hall–Kier alpha value is -2.50. The van der Waals surface area contributed by atoms with Crippen molar-refractivity contribution in [3.63, 3.8) is 0 Å². The zero-order valence-corrected chi connectivity index (χ0v) is 16.3. The molecule has 0 aliphatic carbocycles. The standard InChI is InChI=1S/C22H30N4O/c1-5-8-9-12-18(4)26-21(17-25-15-13-23-14-16-25)24-20(11-7-3)19(10-6-2)22(26)27/h5-7,10-12,23H,1-3,8-9,13-17H2,4H3/b18-12+,19-10+,20-11+. The van der Waals surface area contributed by atoms with Gasteiger partial charge in [0.1, 0.15) is 5.82 Å². The molecule has 0 radical (unpaired) electrons. The highest BCUT2D eigenvalue weighted by molar-refractivity contribution is 5.46. The van der Waals surface area contributed by atoms with Gasteiger partial charge in [-0.1, -0.05) is 37.5 Å². The van der Waals surface area contributed by atoms with E-state index in [0.29, 0.717) is 17.1 Å². The molecular weight excluding hydrogens is 336 g/mol. The highest BCUT2D eigenvalue weighted by Gasteiger charge is 2.16. The normalized spacial score (nSPS) is 17.1. The minimum absolute atomic E-state index is 0.0736. The van der Waals surface area contributed by atoms with Crippen molar-refractivity contribution < 1.29 is 0 Å². The number of rotatable bonds is 8. The number of piperazine rings is 1. The summed E-state index contributed by atoms with van der Waals surface area (Å²) in [4.78, 5) is 20.4. The third kappa shape index (κ3) is 5.49. The van der Waals surface area contributed by atoms with Gasteiger partial charge in [0.15, 0.2) is 0 Å². The average molecular weight is 367 g/mol. The van der Waals surface area contributed by atoms with Crippen molar-refractivity contribution in [3.8, 4) is 0 Å². The van der Waals surface area contributed by atoms with Crippen LogP contribution in [0, 0.1) is 0 Å². The van der Waals surface area contributed by atoms with Gasteiger partial charge in [0.25, 0.3) is 5.56 Å². The molecule has 1 aliphatic heterocycles. The van der Waals surface area contributed by atoms with E-state index in [1.165, 1.54) is 0 Å².